The summed E-state index contributed by atoms with van der Waals surface area (Å²) in [6, 6.07) is 0.434. The summed E-state index contributed by atoms with van der Waals surface area (Å²) < 4.78 is 0. The summed E-state index contributed by atoms with van der Waals surface area (Å²) >= 11 is 0. The molecule has 1 heterocycles. The lowest BCUT2D eigenvalue weighted by molar-refractivity contribution is -0.132. The van der Waals surface area contributed by atoms with Crippen LogP contribution in [0.2, 0.25) is 0 Å². The van der Waals surface area contributed by atoms with Gasteiger partial charge in [-0.3, -0.25) is 9.59 Å². The lowest BCUT2D eigenvalue weighted by Crippen LogP contribution is -2.23. The summed E-state index contributed by atoms with van der Waals surface area (Å²) in [5.74, 6) is -0.298. The van der Waals surface area contributed by atoms with Gasteiger partial charge in [0, 0.05) is 18.5 Å². The molecule has 2 unspecified atom stereocenters. The molecular formula is C8H13NO2. The maximum atomic E-state index is 10.9. The molecule has 0 N–H and O–H groups in total. The molecule has 0 aromatic carbocycles. The van der Waals surface area contributed by atoms with E-state index in [4.69, 9.17) is 0 Å². The third-order valence-electron chi connectivity index (χ3n) is 2.40. The number of carbonyl (C=O) groups excluding carboxylic acids is 2. The van der Waals surface area contributed by atoms with Crippen LogP contribution >= 0.6 is 0 Å². The molecule has 0 spiro atoms. The highest BCUT2D eigenvalue weighted by Crippen LogP contribution is 2.20. The van der Waals surface area contributed by atoms with Gasteiger partial charge in [-0.15, -0.1) is 0 Å². The second-order valence-corrected chi connectivity index (χ2v) is 3.24. The molecule has 2 atom stereocenters. The van der Waals surface area contributed by atoms with Gasteiger partial charge in [0.15, 0.2) is 12.1 Å². The summed E-state index contributed by atoms with van der Waals surface area (Å²) in [6.45, 7) is 2.80. The van der Waals surface area contributed by atoms with E-state index in [0.717, 1.165) is 13.0 Å². The first kappa shape index (κ1) is 8.40. The number of rotatable bonds is 2. The molecular weight excluding hydrogens is 142 g/mol. The Balaban J connectivity index is 2.53. The fourth-order valence-corrected chi connectivity index (χ4v) is 1.50. The van der Waals surface area contributed by atoms with Crippen molar-refractivity contribution < 1.29 is 9.59 Å². The van der Waals surface area contributed by atoms with Crippen molar-refractivity contribution in [2.75, 3.05) is 13.6 Å². The van der Waals surface area contributed by atoms with E-state index < -0.39 is 0 Å². The molecule has 0 aromatic heterocycles. The number of likely N-dealkylation sites (tertiary alicyclic amines) is 1. The molecule has 0 radical (unpaired) electrons. The zero-order chi connectivity index (χ0) is 8.43. The number of hydrogen-bond donors (Lipinski definition) is 0. The van der Waals surface area contributed by atoms with Crippen molar-refractivity contribution in [1.29, 1.82) is 0 Å². The van der Waals surface area contributed by atoms with E-state index >= 15 is 0 Å². The topological polar surface area (TPSA) is 37.4 Å². The van der Waals surface area contributed by atoms with Crippen molar-refractivity contribution in [3.8, 4) is 0 Å². The molecule has 3 nitrogen and oxygen atoms in total. The van der Waals surface area contributed by atoms with E-state index in [-0.39, 0.29) is 11.7 Å². The summed E-state index contributed by atoms with van der Waals surface area (Å²) in [6.07, 6.45) is 1.27. The van der Waals surface area contributed by atoms with Crippen molar-refractivity contribution in [2.45, 2.75) is 19.4 Å². The van der Waals surface area contributed by atoms with Gasteiger partial charge >= 0.3 is 0 Å². The second-order valence-electron chi connectivity index (χ2n) is 3.24. The predicted molar refractivity (Wildman–Crippen MR) is 41.3 cm³/mol. The minimum Gasteiger partial charge on any atom is -0.303 e. The lowest BCUT2D eigenvalue weighted by atomic mass is 10.0. The van der Waals surface area contributed by atoms with Gasteiger partial charge in [0.2, 0.25) is 0 Å². The summed E-state index contributed by atoms with van der Waals surface area (Å²) in [4.78, 5) is 23.2. The van der Waals surface area contributed by atoms with E-state index in [1.807, 2.05) is 7.05 Å². The van der Waals surface area contributed by atoms with Gasteiger partial charge in [-0.1, -0.05) is 0 Å². The maximum absolute atomic E-state index is 10.9. The Morgan fingerprint density at radius 2 is 2.27 bits per heavy atom. The van der Waals surface area contributed by atoms with Gasteiger partial charge in [0.05, 0.1) is 0 Å². The Bertz CT molecular complexity index is 169. The molecule has 11 heavy (non-hydrogen) atoms. The van der Waals surface area contributed by atoms with Crippen molar-refractivity contribution in [3.63, 3.8) is 0 Å². The molecule has 1 aliphatic heterocycles. The Kier molecular flexibility index (Phi) is 2.39. The number of nitrogens with zero attached hydrogens (tertiary/aromatic N) is 1. The van der Waals surface area contributed by atoms with Crippen molar-refractivity contribution in [1.82, 2.24) is 4.90 Å². The number of ketones is 1. The molecule has 1 fully saturated rings. The smallest absolute Gasteiger partial charge is 0.199 e. The first-order chi connectivity index (χ1) is 5.15. The van der Waals surface area contributed by atoms with Crippen LogP contribution in [0.1, 0.15) is 13.3 Å². The third kappa shape index (κ3) is 1.66. The Hall–Kier alpha value is -0.700. The predicted octanol–water partition coefficient (Wildman–Crippen LogP) is 0.0946. The monoisotopic (exact) mass is 155 g/mol. The average Bonchev–Trinajstić information content (AvgIpc) is 2.31. The minimum atomic E-state index is -0.249. The van der Waals surface area contributed by atoms with E-state index in [2.05, 4.69) is 11.8 Å². The van der Waals surface area contributed by atoms with Crippen molar-refractivity contribution >= 4 is 12.1 Å². The van der Waals surface area contributed by atoms with E-state index in [1.54, 1.807) is 0 Å². The van der Waals surface area contributed by atoms with Crippen LogP contribution in [0, 0.1) is 5.92 Å². The number of aldehydes is 1. The van der Waals surface area contributed by atoms with E-state index in [1.165, 1.54) is 0 Å². The van der Waals surface area contributed by atoms with Crippen LogP contribution in [-0.2, 0) is 9.59 Å². The van der Waals surface area contributed by atoms with Gasteiger partial charge in [-0.25, -0.2) is 0 Å². The first-order valence-electron chi connectivity index (χ1n) is 3.84. The van der Waals surface area contributed by atoms with E-state index in [9.17, 15) is 9.59 Å². The van der Waals surface area contributed by atoms with Gasteiger partial charge < -0.3 is 4.90 Å². The highest BCUT2D eigenvalue weighted by atomic mass is 16.2. The van der Waals surface area contributed by atoms with Crippen molar-refractivity contribution in [2.24, 2.45) is 5.92 Å². The molecule has 3 heteroatoms. The normalized spacial score (nSPS) is 32.2. The SMILES string of the molecule is CC1CC(C(=O)C=O)CN1C. The molecule has 1 aliphatic rings. The fourth-order valence-electron chi connectivity index (χ4n) is 1.50. The summed E-state index contributed by atoms with van der Waals surface area (Å²) in [5.41, 5.74) is 0. The minimum absolute atomic E-state index is 0.0486. The molecule has 62 valence electrons. The zero-order valence-corrected chi connectivity index (χ0v) is 6.91. The number of carbonyl (C=O) groups is 2. The van der Waals surface area contributed by atoms with Crippen LogP contribution in [0.15, 0.2) is 0 Å². The average molecular weight is 155 g/mol. The maximum Gasteiger partial charge on any atom is 0.199 e. The molecule has 0 bridgehead atoms. The van der Waals surface area contributed by atoms with Crippen LogP contribution in [0.25, 0.3) is 0 Å². The summed E-state index contributed by atoms with van der Waals surface area (Å²) in [5, 5.41) is 0. The Morgan fingerprint density at radius 1 is 1.64 bits per heavy atom. The third-order valence-corrected chi connectivity index (χ3v) is 2.40. The largest absolute Gasteiger partial charge is 0.303 e. The molecule has 0 aliphatic carbocycles. The first-order valence-corrected chi connectivity index (χ1v) is 3.84. The highest BCUT2D eigenvalue weighted by Gasteiger charge is 2.30. The van der Waals surface area contributed by atoms with Gasteiger partial charge in [-0.05, 0) is 20.4 Å². The van der Waals surface area contributed by atoms with Crippen LogP contribution < -0.4 is 0 Å². The lowest BCUT2D eigenvalue weighted by Gasteiger charge is -2.12. The summed E-state index contributed by atoms with van der Waals surface area (Å²) in [7, 11) is 1.97. The second kappa shape index (κ2) is 3.13. The molecule has 1 saturated heterocycles. The number of hydrogen-bond acceptors (Lipinski definition) is 3. The standard InChI is InChI=1S/C8H13NO2/c1-6-3-7(4-9(6)2)8(11)5-10/h5-7H,3-4H2,1-2H3. The molecule has 0 amide bonds. The van der Waals surface area contributed by atoms with Crippen molar-refractivity contribution in [3.05, 3.63) is 0 Å². The number of Topliss-reactive ketones (excluding diaryl/α,β-unsaturated/α-hetero) is 1. The highest BCUT2D eigenvalue weighted by molar-refractivity contribution is 6.26. The zero-order valence-electron chi connectivity index (χ0n) is 6.91. The quantitative estimate of drug-likeness (QED) is 0.419. The van der Waals surface area contributed by atoms with Crippen LogP contribution in [0.3, 0.4) is 0 Å². The Labute approximate surface area is 66.4 Å². The van der Waals surface area contributed by atoms with Crippen LogP contribution in [-0.4, -0.2) is 36.6 Å². The van der Waals surface area contributed by atoms with Crippen LogP contribution in [0.4, 0.5) is 0 Å². The molecule has 0 aromatic rings. The molecule has 1 rings (SSSR count). The van der Waals surface area contributed by atoms with Gasteiger partial charge in [0.25, 0.3) is 0 Å². The fraction of sp³-hybridized carbons (Fsp3) is 0.750. The Morgan fingerprint density at radius 3 is 2.64 bits per heavy atom. The van der Waals surface area contributed by atoms with Gasteiger partial charge in [0.1, 0.15) is 0 Å². The van der Waals surface area contributed by atoms with Gasteiger partial charge in [-0.2, -0.15) is 0 Å². The van der Waals surface area contributed by atoms with Crippen LogP contribution in [0.5, 0.6) is 0 Å². The molecule has 0 saturated carbocycles. The van der Waals surface area contributed by atoms with E-state index in [0.29, 0.717) is 12.3 Å².